The van der Waals surface area contributed by atoms with E-state index < -0.39 is 0 Å². The predicted molar refractivity (Wildman–Crippen MR) is 73.8 cm³/mol. The Morgan fingerprint density at radius 2 is 1.61 bits per heavy atom. The van der Waals surface area contributed by atoms with Gasteiger partial charge in [-0.05, 0) is 22.4 Å². The van der Waals surface area contributed by atoms with Gasteiger partial charge in [-0.1, -0.05) is 48.5 Å². The van der Waals surface area contributed by atoms with Gasteiger partial charge in [0.1, 0.15) is 0 Å². The van der Waals surface area contributed by atoms with Gasteiger partial charge in [0.05, 0.1) is 6.54 Å². The van der Waals surface area contributed by atoms with Crippen LogP contribution in [0.25, 0.3) is 10.8 Å². The molecule has 0 bridgehead atoms. The Hall–Kier alpha value is -2.35. The van der Waals surface area contributed by atoms with Crippen molar-refractivity contribution in [2.24, 2.45) is 0 Å². The molecule has 0 fully saturated rings. The molecule has 0 spiro atoms. The third-order valence-electron chi connectivity index (χ3n) is 3.12. The number of nitrogens with zero attached hydrogens (tertiary/aromatic N) is 1. The molecule has 18 heavy (non-hydrogen) atoms. The lowest BCUT2D eigenvalue weighted by Crippen LogP contribution is -2.18. The fourth-order valence-electron chi connectivity index (χ4n) is 2.21. The molecule has 0 N–H and O–H groups in total. The van der Waals surface area contributed by atoms with Crippen LogP contribution in [-0.4, -0.2) is 4.57 Å². The quantitative estimate of drug-likeness (QED) is 0.669. The molecular formula is C16H13NO. The number of hydrogen-bond donors (Lipinski definition) is 0. The largest absolute Gasteiger partial charge is 0.311 e. The number of pyridine rings is 1. The molecule has 0 amide bonds. The minimum absolute atomic E-state index is 0.0328. The molecule has 88 valence electrons. The van der Waals surface area contributed by atoms with Crippen LogP contribution in [-0.2, 0) is 6.54 Å². The van der Waals surface area contributed by atoms with Crippen LogP contribution in [0.5, 0.6) is 0 Å². The first kappa shape index (κ1) is 10.8. The summed E-state index contributed by atoms with van der Waals surface area (Å²) in [7, 11) is 0. The van der Waals surface area contributed by atoms with Crippen molar-refractivity contribution < 1.29 is 0 Å². The number of fused-ring (bicyclic) bond motifs is 1. The van der Waals surface area contributed by atoms with E-state index in [-0.39, 0.29) is 5.56 Å². The molecule has 2 nitrogen and oxygen atoms in total. The van der Waals surface area contributed by atoms with Gasteiger partial charge in [-0.25, -0.2) is 0 Å². The summed E-state index contributed by atoms with van der Waals surface area (Å²) in [4.78, 5) is 11.7. The summed E-state index contributed by atoms with van der Waals surface area (Å²) in [6.07, 6.45) is 1.82. The summed E-state index contributed by atoms with van der Waals surface area (Å²) < 4.78 is 1.72. The normalized spacial score (nSPS) is 10.7. The average Bonchev–Trinajstić information content (AvgIpc) is 2.42. The van der Waals surface area contributed by atoms with Crippen LogP contribution in [0, 0.1) is 0 Å². The SMILES string of the molecule is O=c1ccccn1Cc1cccc2ccccc12. The fraction of sp³-hybridized carbons (Fsp3) is 0.0625. The van der Waals surface area contributed by atoms with Crippen molar-refractivity contribution in [2.75, 3.05) is 0 Å². The highest BCUT2D eigenvalue weighted by atomic mass is 16.1. The molecule has 0 aliphatic rings. The van der Waals surface area contributed by atoms with Gasteiger partial charge in [0.25, 0.3) is 5.56 Å². The summed E-state index contributed by atoms with van der Waals surface area (Å²) >= 11 is 0. The van der Waals surface area contributed by atoms with Gasteiger partial charge in [0.2, 0.25) is 0 Å². The molecular weight excluding hydrogens is 222 g/mol. The van der Waals surface area contributed by atoms with Crippen LogP contribution < -0.4 is 5.56 Å². The zero-order valence-electron chi connectivity index (χ0n) is 9.91. The van der Waals surface area contributed by atoms with Gasteiger partial charge in [-0.15, -0.1) is 0 Å². The Balaban J connectivity index is 2.11. The van der Waals surface area contributed by atoms with Crippen molar-refractivity contribution >= 4 is 10.8 Å². The molecule has 0 radical (unpaired) electrons. The highest BCUT2D eigenvalue weighted by Crippen LogP contribution is 2.18. The van der Waals surface area contributed by atoms with E-state index in [1.807, 2.05) is 30.5 Å². The molecule has 0 aliphatic heterocycles. The third kappa shape index (κ3) is 1.93. The van der Waals surface area contributed by atoms with Crippen molar-refractivity contribution in [1.82, 2.24) is 4.57 Å². The van der Waals surface area contributed by atoms with E-state index in [1.165, 1.54) is 16.3 Å². The highest BCUT2D eigenvalue weighted by molar-refractivity contribution is 5.85. The molecule has 0 unspecified atom stereocenters. The van der Waals surface area contributed by atoms with E-state index in [9.17, 15) is 4.79 Å². The van der Waals surface area contributed by atoms with Gasteiger partial charge in [0.15, 0.2) is 0 Å². The molecule has 0 aliphatic carbocycles. The van der Waals surface area contributed by atoms with E-state index in [0.717, 1.165) is 0 Å². The maximum Gasteiger partial charge on any atom is 0.250 e. The number of aromatic nitrogens is 1. The molecule has 0 atom stereocenters. The van der Waals surface area contributed by atoms with Gasteiger partial charge >= 0.3 is 0 Å². The van der Waals surface area contributed by atoms with E-state index in [2.05, 4.69) is 24.3 Å². The lowest BCUT2D eigenvalue weighted by Gasteiger charge is -2.08. The van der Waals surface area contributed by atoms with Crippen LogP contribution in [0.3, 0.4) is 0 Å². The lowest BCUT2D eigenvalue weighted by molar-refractivity contribution is 0.764. The zero-order valence-corrected chi connectivity index (χ0v) is 9.91. The van der Waals surface area contributed by atoms with Crippen LogP contribution in [0.2, 0.25) is 0 Å². The second-order valence-corrected chi connectivity index (χ2v) is 4.31. The maximum atomic E-state index is 11.7. The van der Waals surface area contributed by atoms with E-state index >= 15 is 0 Å². The molecule has 3 aromatic rings. The Labute approximate surface area is 105 Å². The molecule has 2 aromatic carbocycles. The van der Waals surface area contributed by atoms with Gasteiger partial charge in [-0.3, -0.25) is 4.79 Å². The number of benzene rings is 2. The summed E-state index contributed by atoms with van der Waals surface area (Å²) in [6, 6.07) is 19.7. The van der Waals surface area contributed by atoms with E-state index in [0.29, 0.717) is 6.54 Å². The van der Waals surface area contributed by atoms with Crippen molar-refractivity contribution in [1.29, 1.82) is 0 Å². The maximum absolute atomic E-state index is 11.7. The summed E-state index contributed by atoms with van der Waals surface area (Å²) in [6.45, 7) is 0.612. The van der Waals surface area contributed by atoms with Crippen molar-refractivity contribution in [3.63, 3.8) is 0 Å². The smallest absolute Gasteiger partial charge is 0.250 e. The Morgan fingerprint density at radius 1 is 0.833 bits per heavy atom. The summed E-state index contributed by atoms with van der Waals surface area (Å²) in [5, 5.41) is 2.41. The fourth-order valence-corrected chi connectivity index (χ4v) is 2.21. The highest BCUT2D eigenvalue weighted by Gasteiger charge is 2.01. The van der Waals surface area contributed by atoms with E-state index in [1.54, 1.807) is 16.7 Å². The van der Waals surface area contributed by atoms with Crippen molar-refractivity contribution in [3.05, 3.63) is 82.8 Å². The molecule has 3 rings (SSSR count). The Bertz CT molecular complexity index is 738. The number of rotatable bonds is 2. The molecule has 0 saturated heterocycles. The topological polar surface area (TPSA) is 22.0 Å². The first-order chi connectivity index (χ1) is 8.84. The van der Waals surface area contributed by atoms with E-state index in [4.69, 9.17) is 0 Å². The third-order valence-corrected chi connectivity index (χ3v) is 3.12. The van der Waals surface area contributed by atoms with Gasteiger partial charge in [0, 0.05) is 12.3 Å². The van der Waals surface area contributed by atoms with Crippen molar-refractivity contribution in [2.45, 2.75) is 6.54 Å². The molecule has 1 aromatic heterocycles. The Kier molecular flexibility index (Phi) is 2.69. The Morgan fingerprint density at radius 3 is 2.50 bits per heavy atom. The average molecular weight is 235 g/mol. The first-order valence-corrected chi connectivity index (χ1v) is 5.97. The van der Waals surface area contributed by atoms with Gasteiger partial charge < -0.3 is 4.57 Å². The van der Waals surface area contributed by atoms with Crippen LogP contribution in [0.4, 0.5) is 0 Å². The standard InChI is InChI=1S/C16H13NO/c18-16-10-3-4-11-17(16)12-14-8-5-7-13-6-1-2-9-15(13)14/h1-11H,12H2. The molecule has 2 heteroatoms. The minimum Gasteiger partial charge on any atom is -0.311 e. The molecule has 0 saturated carbocycles. The minimum atomic E-state index is 0.0328. The predicted octanol–water partition coefficient (Wildman–Crippen LogP) is 3.05. The second kappa shape index (κ2) is 4.49. The van der Waals surface area contributed by atoms with Crippen molar-refractivity contribution in [3.8, 4) is 0 Å². The monoisotopic (exact) mass is 235 g/mol. The molecule has 1 heterocycles. The van der Waals surface area contributed by atoms with Gasteiger partial charge in [-0.2, -0.15) is 0 Å². The van der Waals surface area contributed by atoms with Crippen LogP contribution in [0.15, 0.2) is 71.7 Å². The first-order valence-electron chi connectivity index (χ1n) is 5.97. The number of hydrogen-bond acceptors (Lipinski definition) is 1. The second-order valence-electron chi connectivity index (χ2n) is 4.31. The lowest BCUT2D eigenvalue weighted by atomic mass is 10.0. The summed E-state index contributed by atoms with van der Waals surface area (Å²) in [5.74, 6) is 0. The van der Waals surface area contributed by atoms with Crippen LogP contribution in [0.1, 0.15) is 5.56 Å². The summed E-state index contributed by atoms with van der Waals surface area (Å²) in [5.41, 5.74) is 1.20. The van der Waals surface area contributed by atoms with Crippen LogP contribution >= 0.6 is 0 Å². The zero-order chi connectivity index (χ0) is 12.4.